The van der Waals surface area contributed by atoms with Gasteiger partial charge < -0.3 is 4.74 Å². The van der Waals surface area contributed by atoms with Crippen LogP contribution in [0.4, 0.5) is 8.78 Å². The summed E-state index contributed by atoms with van der Waals surface area (Å²) in [7, 11) is 0. The predicted octanol–water partition coefficient (Wildman–Crippen LogP) is 3.31. The summed E-state index contributed by atoms with van der Waals surface area (Å²) < 4.78 is 31.2. The van der Waals surface area contributed by atoms with Gasteiger partial charge in [-0.05, 0) is 30.5 Å². The van der Waals surface area contributed by atoms with Crippen LogP contribution in [0.2, 0.25) is 0 Å². The molecule has 1 aliphatic heterocycles. The Morgan fingerprint density at radius 1 is 1.31 bits per heavy atom. The van der Waals surface area contributed by atoms with E-state index >= 15 is 0 Å². The number of rotatable bonds is 3. The van der Waals surface area contributed by atoms with Gasteiger partial charge in [0.2, 0.25) is 0 Å². The first kappa shape index (κ1) is 12.0. The van der Waals surface area contributed by atoms with Crippen LogP contribution in [0.15, 0.2) is 18.2 Å². The molecule has 1 aliphatic rings. The Morgan fingerprint density at radius 2 is 2.12 bits per heavy atom. The van der Waals surface area contributed by atoms with E-state index in [4.69, 9.17) is 4.74 Å². The molecule has 0 bridgehead atoms. The largest absolute Gasteiger partial charge is 0.381 e. The fraction of sp³-hybridized carbons (Fsp3) is 0.500. The van der Waals surface area contributed by atoms with Crippen LogP contribution >= 0.6 is 15.9 Å². The van der Waals surface area contributed by atoms with E-state index in [-0.39, 0.29) is 5.41 Å². The van der Waals surface area contributed by atoms with Crippen LogP contribution in [0.3, 0.4) is 0 Å². The van der Waals surface area contributed by atoms with E-state index in [1.54, 1.807) is 6.07 Å². The van der Waals surface area contributed by atoms with Crippen molar-refractivity contribution in [3.8, 4) is 0 Å². The molecule has 1 aromatic carbocycles. The molecule has 88 valence electrons. The zero-order valence-corrected chi connectivity index (χ0v) is 10.4. The van der Waals surface area contributed by atoms with Crippen LogP contribution in [0, 0.1) is 17.0 Å². The highest BCUT2D eigenvalue weighted by molar-refractivity contribution is 9.09. The fourth-order valence-corrected chi connectivity index (χ4v) is 2.66. The predicted molar refractivity (Wildman–Crippen MR) is 61.7 cm³/mol. The summed E-state index contributed by atoms with van der Waals surface area (Å²) in [4.78, 5) is 0. The molecule has 1 unspecified atom stereocenters. The molecule has 0 amide bonds. The Bertz CT molecular complexity index is 375. The molecule has 16 heavy (non-hydrogen) atoms. The van der Waals surface area contributed by atoms with Gasteiger partial charge >= 0.3 is 0 Å². The van der Waals surface area contributed by atoms with E-state index in [2.05, 4.69) is 15.9 Å². The zero-order chi connectivity index (χ0) is 11.6. The van der Waals surface area contributed by atoms with Gasteiger partial charge in [-0.3, -0.25) is 0 Å². The number of benzene rings is 1. The first-order valence-electron chi connectivity index (χ1n) is 5.23. The highest BCUT2D eigenvalue weighted by Crippen LogP contribution is 2.34. The summed E-state index contributed by atoms with van der Waals surface area (Å²) in [5, 5.41) is 0.818. The molecule has 0 aromatic heterocycles. The lowest BCUT2D eigenvalue weighted by Gasteiger charge is -2.24. The monoisotopic (exact) mass is 290 g/mol. The molecular weight excluding hydrogens is 278 g/mol. The molecule has 2 rings (SSSR count). The van der Waals surface area contributed by atoms with Gasteiger partial charge in [-0.2, -0.15) is 0 Å². The minimum atomic E-state index is -0.792. The number of hydrogen-bond acceptors (Lipinski definition) is 1. The quantitative estimate of drug-likeness (QED) is 0.776. The van der Waals surface area contributed by atoms with Crippen LogP contribution in [-0.4, -0.2) is 18.5 Å². The molecule has 0 spiro atoms. The number of hydrogen-bond donors (Lipinski definition) is 0. The van der Waals surface area contributed by atoms with E-state index < -0.39 is 11.6 Å². The molecule has 0 N–H and O–H groups in total. The van der Waals surface area contributed by atoms with Gasteiger partial charge in [-0.25, -0.2) is 8.78 Å². The van der Waals surface area contributed by atoms with Crippen molar-refractivity contribution in [1.29, 1.82) is 0 Å². The van der Waals surface area contributed by atoms with Gasteiger partial charge in [-0.15, -0.1) is 0 Å². The van der Waals surface area contributed by atoms with Crippen molar-refractivity contribution in [1.82, 2.24) is 0 Å². The van der Waals surface area contributed by atoms with Crippen molar-refractivity contribution in [3.05, 3.63) is 35.4 Å². The van der Waals surface area contributed by atoms with Crippen molar-refractivity contribution in [3.63, 3.8) is 0 Å². The summed E-state index contributed by atoms with van der Waals surface area (Å²) in [6.07, 6.45) is 1.67. The van der Waals surface area contributed by atoms with Crippen LogP contribution in [0.5, 0.6) is 0 Å². The number of ether oxygens (including phenoxy) is 1. The molecule has 1 nitrogen and oxygen atoms in total. The molecule has 1 fully saturated rings. The van der Waals surface area contributed by atoms with E-state index in [0.717, 1.165) is 30.3 Å². The normalized spacial score (nSPS) is 24.9. The van der Waals surface area contributed by atoms with Crippen LogP contribution in [0.25, 0.3) is 0 Å². The van der Waals surface area contributed by atoms with E-state index in [0.29, 0.717) is 6.61 Å². The van der Waals surface area contributed by atoms with Gasteiger partial charge in [0.25, 0.3) is 0 Å². The van der Waals surface area contributed by atoms with Crippen LogP contribution in [0.1, 0.15) is 12.0 Å². The van der Waals surface area contributed by atoms with Crippen molar-refractivity contribution in [2.75, 3.05) is 18.5 Å². The average molecular weight is 291 g/mol. The minimum absolute atomic E-state index is 0.0320. The average Bonchev–Trinajstić information content (AvgIpc) is 2.73. The highest BCUT2D eigenvalue weighted by atomic mass is 79.9. The van der Waals surface area contributed by atoms with Crippen LogP contribution < -0.4 is 0 Å². The SMILES string of the molecule is Fc1ccc(CC2(CBr)CCOC2)cc1F. The maximum absolute atomic E-state index is 13.1. The van der Waals surface area contributed by atoms with Gasteiger partial charge in [-0.1, -0.05) is 22.0 Å². The van der Waals surface area contributed by atoms with Crippen molar-refractivity contribution >= 4 is 15.9 Å². The third-order valence-corrected chi connectivity index (χ3v) is 4.22. The lowest BCUT2D eigenvalue weighted by Crippen LogP contribution is -2.25. The van der Waals surface area contributed by atoms with E-state index in [1.165, 1.54) is 12.1 Å². The Kier molecular flexibility index (Phi) is 3.60. The topological polar surface area (TPSA) is 9.23 Å². The second-order valence-corrected chi connectivity index (χ2v) is 4.92. The summed E-state index contributed by atoms with van der Waals surface area (Å²) in [6, 6.07) is 4.10. The molecular formula is C12H13BrF2O. The van der Waals surface area contributed by atoms with Crippen molar-refractivity contribution < 1.29 is 13.5 Å². The second-order valence-electron chi connectivity index (χ2n) is 4.36. The van der Waals surface area contributed by atoms with Gasteiger partial charge in [0, 0.05) is 17.4 Å². The minimum Gasteiger partial charge on any atom is -0.381 e. The Morgan fingerprint density at radius 3 is 2.69 bits per heavy atom. The zero-order valence-electron chi connectivity index (χ0n) is 8.81. The Balaban J connectivity index is 2.16. The van der Waals surface area contributed by atoms with Gasteiger partial charge in [0.1, 0.15) is 0 Å². The highest BCUT2D eigenvalue weighted by Gasteiger charge is 2.34. The van der Waals surface area contributed by atoms with Crippen LogP contribution in [-0.2, 0) is 11.2 Å². The summed E-state index contributed by atoms with van der Waals surface area (Å²) in [5.74, 6) is -1.57. The standard InChI is InChI=1S/C12H13BrF2O/c13-7-12(3-4-16-8-12)6-9-1-2-10(14)11(15)5-9/h1-2,5H,3-4,6-8H2. The molecule has 1 atom stereocenters. The molecule has 1 heterocycles. The lowest BCUT2D eigenvalue weighted by atomic mass is 9.83. The number of alkyl halides is 1. The number of halogens is 3. The smallest absolute Gasteiger partial charge is 0.159 e. The van der Waals surface area contributed by atoms with E-state index in [1.807, 2.05) is 0 Å². The van der Waals surface area contributed by atoms with Crippen molar-refractivity contribution in [2.24, 2.45) is 5.41 Å². The fourth-order valence-electron chi connectivity index (χ4n) is 2.02. The second kappa shape index (κ2) is 4.80. The molecule has 1 aromatic rings. The molecule has 0 radical (unpaired) electrons. The van der Waals surface area contributed by atoms with Crippen molar-refractivity contribution in [2.45, 2.75) is 12.8 Å². The van der Waals surface area contributed by atoms with Gasteiger partial charge in [0.15, 0.2) is 11.6 Å². The van der Waals surface area contributed by atoms with Gasteiger partial charge in [0.05, 0.1) is 6.61 Å². The summed E-state index contributed by atoms with van der Waals surface area (Å²) >= 11 is 3.48. The molecule has 0 saturated carbocycles. The summed E-state index contributed by atoms with van der Waals surface area (Å²) in [5.41, 5.74) is 0.855. The molecule has 0 aliphatic carbocycles. The summed E-state index contributed by atoms with van der Waals surface area (Å²) in [6.45, 7) is 1.42. The third-order valence-electron chi connectivity index (χ3n) is 3.03. The third kappa shape index (κ3) is 2.43. The maximum atomic E-state index is 13.1. The molecule has 4 heteroatoms. The Hall–Kier alpha value is -0.480. The maximum Gasteiger partial charge on any atom is 0.159 e. The lowest BCUT2D eigenvalue weighted by molar-refractivity contribution is 0.162. The molecule has 1 saturated heterocycles. The first-order chi connectivity index (χ1) is 7.65. The van der Waals surface area contributed by atoms with E-state index in [9.17, 15) is 8.78 Å². The first-order valence-corrected chi connectivity index (χ1v) is 6.35. The Labute approximate surface area is 102 Å².